The molecule has 1 aliphatic rings. The maximum absolute atomic E-state index is 5.45. The first kappa shape index (κ1) is 11.0. The van der Waals surface area contributed by atoms with Crippen LogP contribution >= 0.6 is 0 Å². The van der Waals surface area contributed by atoms with E-state index in [1.165, 1.54) is 5.56 Å². The molecular formula is C14H17NO. The molecule has 0 unspecified atom stereocenters. The summed E-state index contributed by atoms with van der Waals surface area (Å²) in [6.45, 7) is 1.57. The van der Waals surface area contributed by atoms with E-state index in [2.05, 4.69) is 17.9 Å². The fourth-order valence-electron chi connectivity index (χ4n) is 1.79. The summed E-state index contributed by atoms with van der Waals surface area (Å²) in [4.78, 5) is 0. The maximum Gasteiger partial charge on any atom is 0.122 e. The summed E-state index contributed by atoms with van der Waals surface area (Å²) in [6, 6.07) is 6.19. The topological polar surface area (TPSA) is 35.2 Å². The van der Waals surface area contributed by atoms with Crippen LogP contribution in [0.5, 0.6) is 5.75 Å². The average Bonchev–Trinajstić information content (AvgIpc) is 2.76. The van der Waals surface area contributed by atoms with E-state index < -0.39 is 0 Å². The van der Waals surface area contributed by atoms with Gasteiger partial charge >= 0.3 is 0 Å². The summed E-state index contributed by atoms with van der Waals surface area (Å²) in [6.07, 6.45) is 4.10. The van der Waals surface area contributed by atoms with E-state index >= 15 is 0 Å². The van der Waals surface area contributed by atoms with Crippen molar-refractivity contribution in [3.63, 3.8) is 0 Å². The standard InChI is InChI=1S/C14H17NO/c15-9-4-2-1-3-5-12-6-7-14-13(11-12)8-10-16-14/h6-7,11H,1-2,4,8-10,15H2. The van der Waals surface area contributed by atoms with Crippen LogP contribution in [0.3, 0.4) is 0 Å². The lowest BCUT2D eigenvalue weighted by Gasteiger charge is -1.97. The lowest BCUT2D eigenvalue weighted by Crippen LogP contribution is -1.96. The molecular weight excluding hydrogens is 198 g/mol. The molecule has 2 N–H and O–H groups in total. The predicted octanol–water partition coefficient (Wildman–Crippen LogP) is 2.10. The Morgan fingerprint density at radius 2 is 2.25 bits per heavy atom. The monoisotopic (exact) mass is 215 g/mol. The number of rotatable bonds is 3. The van der Waals surface area contributed by atoms with Gasteiger partial charge in [0.2, 0.25) is 0 Å². The Bertz CT molecular complexity index is 414. The van der Waals surface area contributed by atoms with Gasteiger partial charge in [0.15, 0.2) is 0 Å². The molecule has 1 aromatic carbocycles. The molecule has 0 fully saturated rings. The minimum Gasteiger partial charge on any atom is -0.493 e. The van der Waals surface area contributed by atoms with E-state index in [0.29, 0.717) is 0 Å². The zero-order chi connectivity index (χ0) is 11.2. The number of unbranched alkanes of at least 4 members (excludes halogenated alkanes) is 2. The highest BCUT2D eigenvalue weighted by molar-refractivity contribution is 5.45. The minimum absolute atomic E-state index is 0.762. The van der Waals surface area contributed by atoms with Gasteiger partial charge in [-0.1, -0.05) is 11.8 Å². The van der Waals surface area contributed by atoms with E-state index in [0.717, 1.165) is 50.1 Å². The molecule has 0 saturated carbocycles. The van der Waals surface area contributed by atoms with E-state index in [-0.39, 0.29) is 0 Å². The van der Waals surface area contributed by atoms with E-state index in [1.807, 2.05) is 12.1 Å². The van der Waals surface area contributed by atoms with Crippen molar-refractivity contribution in [2.24, 2.45) is 5.73 Å². The smallest absolute Gasteiger partial charge is 0.122 e. The van der Waals surface area contributed by atoms with Crippen LogP contribution in [0.4, 0.5) is 0 Å². The van der Waals surface area contributed by atoms with Gasteiger partial charge in [-0.3, -0.25) is 0 Å². The summed E-state index contributed by atoms with van der Waals surface area (Å²) in [7, 11) is 0. The SMILES string of the molecule is NCCCCC#Cc1ccc2c(c1)CCO2. The van der Waals surface area contributed by atoms with Crippen molar-refractivity contribution < 1.29 is 4.74 Å². The molecule has 0 spiro atoms. The normalized spacial score (nSPS) is 12.6. The second kappa shape index (κ2) is 5.58. The highest BCUT2D eigenvalue weighted by atomic mass is 16.5. The van der Waals surface area contributed by atoms with Crippen molar-refractivity contribution in [2.75, 3.05) is 13.2 Å². The van der Waals surface area contributed by atoms with E-state index in [9.17, 15) is 0 Å². The molecule has 2 rings (SSSR count). The number of ether oxygens (including phenoxy) is 1. The largest absolute Gasteiger partial charge is 0.493 e. The van der Waals surface area contributed by atoms with Crippen molar-refractivity contribution in [3.05, 3.63) is 29.3 Å². The fraction of sp³-hybridized carbons (Fsp3) is 0.429. The second-order valence-electron chi connectivity index (χ2n) is 3.97. The Kier molecular flexibility index (Phi) is 3.85. The van der Waals surface area contributed by atoms with Crippen molar-refractivity contribution in [3.8, 4) is 17.6 Å². The highest BCUT2D eigenvalue weighted by Gasteiger charge is 2.10. The van der Waals surface area contributed by atoms with Crippen LogP contribution in [-0.4, -0.2) is 13.2 Å². The van der Waals surface area contributed by atoms with Gasteiger partial charge in [0, 0.05) is 18.4 Å². The lowest BCUT2D eigenvalue weighted by molar-refractivity contribution is 0.357. The van der Waals surface area contributed by atoms with Crippen molar-refractivity contribution in [2.45, 2.75) is 25.7 Å². The summed E-state index contributed by atoms with van der Waals surface area (Å²) in [5.74, 6) is 7.39. The second-order valence-corrected chi connectivity index (χ2v) is 3.97. The van der Waals surface area contributed by atoms with E-state index in [1.54, 1.807) is 0 Å². The van der Waals surface area contributed by atoms with E-state index in [4.69, 9.17) is 10.5 Å². The number of fused-ring (bicyclic) bond motifs is 1. The zero-order valence-electron chi connectivity index (χ0n) is 9.46. The molecule has 0 aromatic heterocycles. The predicted molar refractivity (Wildman–Crippen MR) is 65.4 cm³/mol. The zero-order valence-corrected chi connectivity index (χ0v) is 9.46. The van der Waals surface area contributed by atoms with Crippen LogP contribution in [0.15, 0.2) is 18.2 Å². The van der Waals surface area contributed by atoms with Crippen LogP contribution in [-0.2, 0) is 6.42 Å². The minimum atomic E-state index is 0.762. The van der Waals surface area contributed by atoms with Crippen LogP contribution in [0.25, 0.3) is 0 Å². The molecule has 0 radical (unpaired) electrons. The first-order chi connectivity index (χ1) is 7.90. The maximum atomic E-state index is 5.45. The Balaban J connectivity index is 1.94. The molecule has 0 amide bonds. The van der Waals surface area contributed by atoms with Crippen molar-refractivity contribution >= 4 is 0 Å². The van der Waals surface area contributed by atoms with Gasteiger partial charge in [-0.15, -0.1) is 0 Å². The van der Waals surface area contributed by atoms with Crippen molar-refractivity contribution in [1.29, 1.82) is 0 Å². The summed E-state index contributed by atoms with van der Waals surface area (Å²) in [5.41, 5.74) is 7.80. The molecule has 0 bridgehead atoms. The number of hydrogen-bond acceptors (Lipinski definition) is 2. The van der Waals surface area contributed by atoms with Crippen LogP contribution in [0.2, 0.25) is 0 Å². The van der Waals surface area contributed by atoms with Gasteiger partial charge < -0.3 is 10.5 Å². The summed E-state index contributed by atoms with van der Waals surface area (Å²) < 4.78 is 5.45. The molecule has 1 aliphatic heterocycles. The molecule has 2 nitrogen and oxygen atoms in total. The number of nitrogens with two attached hydrogens (primary N) is 1. The number of benzene rings is 1. The Hall–Kier alpha value is -1.46. The molecule has 0 aliphatic carbocycles. The molecule has 16 heavy (non-hydrogen) atoms. The van der Waals surface area contributed by atoms with Crippen LogP contribution in [0.1, 0.15) is 30.4 Å². The fourth-order valence-corrected chi connectivity index (χ4v) is 1.79. The van der Waals surface area contributed by atoms with Crippen LogP contribution < -0.4 is 10.5 Å². The van der Waals surface area contributed by atoms with Gasteiger partial charge in [0.05, 0.1) is 6.61 Å². The Morgan fingerprint density at radius 1 is 1.31 bits per heavy atom. The average molecular weight is 215 g/mol. The van der Waals surface area contributed by atoms with Gasteiger partial charge in [0.25, 0.3) is 0 Å². The third kappa shape index (κ3) is 2.77. The molecule has 2 heteroatoms. The third-order valence-corrected chi connectivity index (χ3v) is 2.68. The Labute approximate surface area is 96.8 Å². The van der Waals surface area contributed by atoms with Gasteiger partial charge in [-0.05, 0) is 43.1 Å². The highest BCUT2D eigenvalue weighted by Crippen LogP contribution is 2.25. The third-order valence-electron chi connectivity index (χ3n) is 2.68. The lowest BCUT2D eigenvalue weighted by atomic mass is 10.1. The molecule has 1 heterocycles. The molecule has 0 atom stereocenters. The summed E-state index contributed by atoms with van der Waals surface area (Å²) >= 11 is 0. The first-order valence-corrected chi connectivity index (χ1v) is 5.85. The molecule has 0 saturated heterocycles. The van der Waals surface area contributed by atoms with Crippen molar-refractivity contribution in [1.82, 2.24) is 0 Å². The van der Waals surface area contributed by atoms with Gasteiger partial charge in [-0.25, -0.2) is 0 Å². The van der Waals surface area contributed by atoms with Gasteiger partial charge in [0.1, 0.15) is 5.75 Å². The number of hydrogen-bond donors (Lipinski definition) is 1. The van der Waals surface area contributed by atoms with Gasteiger partial charge in [-0.2, -0.15) is 0 Å². The van der Waals surface area contributed by atoms with Crippen LogP contribution in [0, 0.1) is 11.8 Å². The molecule has 1 aromatic rings. The summed E-state index contributed by atoms with van der Waals surface area (Å²) in [5, 5.41) is 0. The Morgan fingerprint density at radius 3 is 3.12 bits per heavy atom. The molecule has 84 valence electrons. The quantitative estimate of drug-likeness (QED) is 0.619. The first-order valence-electron chi connectivity index (χ1n) is 5.85.